The van der Waals surface area contributed by atoms with E-state index in [1.54, 1.807) is 29.1 Å². The van der Waals surface area contributed by atoms with Crippen LogP contribution in [0, 0.1) is 6.92 Å². The zero-order valence-corrected chi connectivity index (χ0v) is 13.8. The largest absolute Gasteiger partial charge is 0.417 e. The van der Waals surface area contributed by atoms with Crippen LogP contribution in [0.1, 0.15) is 16.7 Å². The minimum atomic E-state index is -4.45. The highest BCUT2D eigenvalue weighted by Crippen LogP contribution is 2.34. The standard InChI is InChI=1S/C14H10ClF3INO/c1-8-4-9(2-3-10(8)7-21-19)13-12(15)5-11(6-20-13)14(16,17)18/h2-6H,7H2,1H3. The molecule has 0 fully saturated rings. The van der Waals surface area contributed by atoms with Crippen LogP contribution in [0.25, 0.3) is 11.3 Å². The third-order valence-electron chi connectivity index (χ3n) is 2.99. The molecule has 2 nitrogen and oxygen atoms in total. The number of halogens is 5. The number of rotatable bonds is 3. The monoisotopic (exact) mass is 427 g/mol. The molecule has 0 unspecified atom stereocenters. The first-order valence-electron chi connectivity index (χ1n) is 5.89. The number of aromatic nitrogens is 1. The van der Waals surface area contributed by atoms with Gasteiger partial charge in [-0.05, 0) is 30.2 Å². The van der Waals surface area contributed by atoms with Crippen molar-refractivity contribution < 1.29 is 16.2 Å². The van der Waals surface area contributed by atoms with Crippen molar-refractivity contribution in [3.05, 3.63) is 52.2 Å². The molecule has 0 aliphatic heterocycles. The zero-order valence-electron chi connectivity index (χ0n) is 10.8. The second kappa shape index (κ2) is 6.50. The lowest BCUT2D eigenvalue weighted by Crippen LogP contribution is -2.05. The fraction of sp³-hybridized carbons (Fsp3) is 0.214. The summed E-state index contributed by atoms with van der Waals surface area (Å²) in [6.45, 7) is 2.35. The molecule has 0 amide bonds. The summed E-state index contributed by atoms with van der Waals surface area (Å²) in [5, 5.41) is -0.0258. The summed E-state index contributed by atoms with van der Waals surface area (Å²) in [5.74, 6) is 0. The molecule has 1 heterocycles. The Morgan fingerprint density at radius 2 is 2.00 bits per heavy atom. The lowest BCUT2D eigenvalue weighted by atomic mass is 10.0. The fourth-order valence-corrected chi connectivity index (χ4v) is 2.48. The molecule has 0 saturated carbocycles. The van der Waals surface area contributed by atoms with Gasteiger partial charge in [0.25, 0.3) is 0 Å². The third-order valence-corrected chi connectivity index (χ3v) is 3.59. The predicted octanol–water partition coefficient (Wildman–Crippen LogP) is 5.60. The van der Waals surface area contributed by atoms with Gasteiger partial charge in [-0.3, -0.25) is 4.98 Å². The van der Waals surface area contributed by atoms with Crippen LogP contribution in [-0.2, 0) is 15.8 Å². The van der Waals surface area contributed by atoms with Crippen molar-refractivity contribution in [2.24, 2.45) is 0 Å². The summed E-state index contributed by atoms with van der Waals surface area (Å²) >= 11 is 7.74. The third kappa shape index (κ3) is 3.87. The van der Waals surface area contributed by atoms with Crippen molar-refractivity contribution in [2.75, 3.05) is 0 Å². The van der Waals surface area contributed by atoms with Crippen LogP contribution in [0.2, 0.25) is 5.02 Å². The number of hydrogen-bond acceptors (Lipinski definition) is 2. The predicted molar refractivity (Wildman–Crippen MR) is 83.2 cm³/mol. The Labute approximate surface area is 139 Å². The summed E-state index contributed by atoms with van der Waals surface area (Å²) in [7, 11) is 0. The van der Waals surface area contributed by atoms with Gasteiger partial charge in [0, 0.05) is 11.8 Å². The maximum absolute atomic E-state index is 12.6. The van der Waals surface area contributed by atoms with E-state index in [1.807, 2.05) is 19.1 Å². The van der Waals surface area contributed by atoms with Crippen molar-refractivity contribution in [2.45, 2.75) is 19.7 Å². The number of benzene rings is 1. The molecule has 0 aliphatic carbocycles. The SMILES string of the molecule is Cc1cc(-c2ncc(C(F)(F)F)cc2Cl)ccc1COI. The maximum Gasteiger partial charge on any atom is 0.417 e. The summed E-state index contributed by atoms with van der Waals surface area (Å²) < 4.78 is 42.8. The molecule has 2 rings (SSSR count). The Bertz CT molecular complexity index is 661. The minimum absolute atomic E-state index is 0.0258. The highest BCUT2D eigenvalue weighted by Gasteiger charge is 2.31. The Balaban J connectivity index is 2.41. The number of hydrogen-bond donors (Lipinski definition) is 0. The van der Waals surface area contributed by atoms with E-state index in [1.165, 1.54) is 0 Å². The first-order valence-corrected chi connectivity index (χ1v) is 7.15. The molecule has 0 bridgehead atoms. The molecular weight excluding hydrogens is 418 g/mol. The molecule has 0 aliphatic rings. The van der Waals surface area contributed by atoms with Crippen LogP contribution in [0.15, 0.2) is 30.5 Å². The second-order valence-corrected chi connectivity index (χ2v) is 5.48. The molecular formula is C14H10ClF3INO. The van der Waals surface area contributed by atoms with Gasteiger partial charge >= 0.3 is 6.18 Å². The highest BCUT2D eigenvalue weighted by atomic mass is 127. The van der Waals surface area contributed by atoms with Gasteiger partial charge in [0.1, 0.15) is 23.0 Å². The molecule has 0 saturated heterocycles. The van der Waals surface area contributed by atoms with Gasteiger partial charge < -0.3 is 3.07 Å². The molecule has 0 radical (unpaired) electrons. The number of nitrogens with zero attached hydrogens (tertiary/aromatic N) is 1. The Morgan fingerprint density at radius 1 is 1.29 bits per heavy atom. The topological polar surface area (TPSA) is 22.1 Å². The van der Waals surface area contributed by atoms with Crippen molar-refractivity contribution in [3.8, 4) is 11.3 Å². The van der Waals surface area contributed by atoms with E-state index in [4.69, 9.17) is 14.7 Å². The van der Waals surface area contributed by atoms with Crippen LogP contribution < -0.4 is 0 Å². The van der Waals surface area contributed by atoms with Crippen LogP contribution in [0.3, 0.4) is 0 Å². The summed E-state index contributed by atoms with van der Waals surface area (Å²) in [6, 6.07) is 6.33. The van der Waals surface area contributed by atoms with Crippen LogP contribution in [0.4, 0.5) is 13.2 Å². The molecule has 7 heteroatoms. The van der Waals surface area contributed by atoms with E-state index in [9.17, 15) is 13.2 Å². The van der Waals surface area contributed by atoms with Crippen LogP contribution in [0.5, 0.6) is 0 Å². The van der Waals surface area contributed by atoms with Crippen LogP contribution in [-0.4, -0.2) is 4.98 Å². The van der Waals surface area contributed by atoms with E-state index in [0.29, 0.717) is 17.9 Å². The number of alkyl halides is 3. The number of aryl methyl sites for hydroxylation is 1. The molecule has 21 heavy (non-hydrogen) atoms. The van der Waals surface area contributed by atoms with Crippen molar-refractivity contribution >= 4 is 34.6 Å². The van der Waals surface area contributed by atoms with Crippen LogP contribution >= 0.6 is 34.6 Å². The first-order chi connectivity index (χ1) is 9.82. The quantitative estimate of drug-likeness (QED) is 0.595. The van der Waals surface area contributed by atoms with Gasteiger partial charge in [0.05, 0.1) is 22.9 Å². The lowest BCUT2D eigenvalue weighted by molar-refractivity contribution is -0.137. The van der Waals surface area contributed by atoms with Gasteiger partial charge in [0.15, 0.2) is 0 Å². The molecule has 1 aromatic heterocycles. The lowest BCUT2D eigenvalue weighted by Gasteiger charge is -2.11. The van der Waals surface area contributed by atoms with Gasteiger partial charge in [-0.15, -0.1) is 0 Å². The molecule has 0 spiro atoms. The molecule has 112 valence electrons. The van der Waals surface area contributed by atoms with Crippen molar-refractivity contribution in [3.63, 3.8) is 0 Å². The summed E-state index contributed by atoms with van der Waals surface area (Å²) in [6.07, 6.45) is -3.66. The van der Waals surface area contributed by atoms with E-state index >= 15 is 0 Å². The fourth-order valence-electron chi connectivity index (χ4n) is 1.87. The number of pyridine rings is 1. The Hall–Kier alpha value is -0.860. The second-order valence-electron chi connectivity index (χ2n) is 4.45. The van der Waals surface area contributed by atoms with Gasteiger partial charge in [-0.25, -0.2) is 0 Å². The van der Waals surface area contributed by atoms with Crippen molar-refractivity contribution in [1.82, 2.24) is 4.98 Å². The average Bonchev–Trinajstić information content (AvgIpc) is 2.40. The molecule has 0 atom stereocenters. The van der Waals surface area contributed by atoms with E-state index < -0.39 is 11.7 Å². The van der Waals surface area contributed by atoms with Gasteiger partial charge in [-0.1, -0.05) is 23.7 Å². The normalized spacial score (nSPS) is 11.7. The van der Waals surface area contributed by atoms with Crippen molar-refractivity contribution in [1.29, 1.82) is 0 Å². The molecule has 0 N–H and O–H groups in total. The van der Waals surface area contributed by atoms with E-state index in [2.05, 4.69) is 4.98 Å². The zero-order chi connectivity index (χ0) is 15.6. The first kappa shape index (κ1) is 16.5. The van der Waals surface area contributed by atoms with Gasteiger partial charge in [0.2, 0.25) is 0 Å². The Kier molecular flexibility index (Phi) is 5.11. The highest BCUT2D eigenvalue weighted by molar-refractivity contribution is 14.1. The smallest absolute Gasteiger partial charge is 0.311 e. The molecule has 1 aromatic carbocycles. The average molecular weight is 428 g/mol. The van der Waals surface area contributed by atoms with Gasteiger partial charge in [-0.2, -0.15) is 13.2 Å². The Morgan fingerprint density at radius 3 is 2.52 bits per heavy atom. The van der Waals surface area contributed by atoms with E-state index in [-0.39, 0.29) is 5.02 Å². The molecule has 2 aromatic rings. The summed E-state index contributed by atoms with van der Waals surface area (Å²) in [4.78, 5) is 3.85. The minimum Gasteiger partial charge on any atom is -0.311 e. The summed E-state index contributed by atoms with van der Waals surface area (Å²) in [5.41, 5.74) is 2.10. The maximum atomic E-state index is 12.6. The van der Waals surface area contributed by atoms with E-state index in [0.717, 1.165) is 23.4 Å².